The van der Waals surface area contributed by atoms with E-state index in [1.807, 2.05) is 0 Å². The number of halogens is 4. The Hall–Kier alpha value is -1.93. The third kappa shape index (κ3) is 5.96. The zero-order valence-electron chi connectivity index (χ0n) is 18.6. The van der Waals surface area contributed by atoms with E-state index in [2.05, 4.69) is 11.6 Å². The van der Waals surface area contributed by atoms with Crippen LogP contribution in [0.1, 0.15) is 66.3 Å². The summed E-state index contributed by atoms with van der Waals surface area (Å²) in [5.74, 6) is -0.0144. The molecule has 4 rings (SSSR count). The van der Waals surface area contributed by atoms with Crippen molar-refractivity contribution in [2.45, 2.75) is 64.1 Å². The average Bonchev–Trinajstić information content (AvgIpc) is 3.48. The highest BCUT2D eigenvalue weighted by atomic mass is 32.2. The van der Waals surface area contributed by atoms with Crippen molar-refractivity contribution in [2.75, 3.05) is 5.75 Å². The lowest BCUT2D eigenvalue weighted by Crippen LogP contribution is -2.27. The Labute approximate surface area is 192 Å². The topological polar surface area (TPSA) is 46.2 Å². The van der Waals surface area contributed by atoms with Gasteiger partial charge in [0.25, 0.3) is 0 Å². The second-order valence-electron chi connectivity index (χ2n) is 9.45. The zero-order valence-corrected chi connectivity index (χ0v) is 19.4. The molecule has 0 heterocycles. The van der Waals surface area contributed by atoms with Crippen molar-refractivity contribution in [3.8, 4) is 0 Å². The van der Waals surface area contributed by atoms with E-state index in [0.29, 0.717) is 18.4 Å². The third-order valence-electron chi connectivity index (χ3n) is 6.76. The van der Waals surface area contributed by atoms with Gasteiger partial charge in [0, 0.05) is 12.1 Å². The largest absolute Gasteiger partial charge is 0.416 e. The van der Waals surface area contributed by atoms with E-state index in [9.17, 15) is 26.0 Å². The lowest BCUT2D eigenvalue weighted by molar-refractivity contribution is -0.137. The maximum atomic E-state index is 14.8. The predicted molar refractivity (Wildman–Crippen MR) is 120 cm³/mol. The molecule has 2 aliphatic rings. The molecule has 0 amide bonds. The van der Waals surface area contributed by atoms with Crippen LogP contribution in [0, 0.1) is 17.7 Å². The first kappa shape index (κ1) is 24.2. The second-order valence-corrected chi connectivity index (χ2v) is 11.3. The number of hydrogen-bond acceptors (Lipinski definition) is 2. The summed E-state index contributed by atoms with van der Waals surface area (Å²) in [6.07, 6.45) is 0.337. The Morgan fingerprint density at radius 1 is 1.12 bits per heavy atom. The van der Waals surface area contributed by atoms with Crippen LogP contribution in [0.15, 0.2) is 36.4 Å². The van der Waals surface area contributed by atoms with Crippen molar-refractivity contribution in [3.05, 3.63) is 70.0 Å². The number of fused-ring (bicyclic) bond motifs is 1. The van der Waals surface area contributed by atoms with Gasteiger partial charge >= 0.3 is 6.18 Å². The van der Waals surface area contributed by atoms with Gasteiger partial charge < -0.3 is 0 Å². The quantitative estimate of drug-likeness (QED) is 0.447. The van der Waals surface area contributed by atoms with E-state index in [4.69, 9.17) is 0 Å². The van der Waals surface area contributed by atoms with E-state index in [-0.39, 0.29) is 35.6 Å². The fraction of sp³-hybridized carbons (Fsp3) is 0.520. The fourth-order valence-corrected chi connectivity index (χ4v) is 6.38. The third-order valence-corrected chi connectivity index (χ3v) is 8.26. The molecule has 33 heavy (non-hydrogen) atoms. The molecule has 2 aromatic rings. The Morgan fingerprint density at radius 2 is 1.88 bits per heavy atom. The van der Waals surface area contributed by atoms with Gasteiger partial charge in [0.1, 0.15) is 5.82 Å². The van der Waals surface area contributed by atoms with Crippen molar-refractivity contribution in [2.24, 2.45) is 11.8 Å². The first-order chi connectivity index (χ1) is 15.6. The van der Waals surface area contributed by atoms with E-state index in [1.54, 1.807) is 12.1 Å². The van der Waals surface area contributed by atoms with Crippen molar-refractivity contribution >= 4 is 10.0 Å². The number of sulfonamides is 1. The second kappa shape index (κ2) is 9.37. The molecular formula is C25H29F4NO2S. The summed E-state index contributed by atoms with van der Waals surface area (Å²) < 4.78 is 81.3. The van der Waals surface area contributed by atoms with E-state index < -0.39 is 27.6 Å². The molecule has 1 saturated carbocycles. The van der Waals surface area contributed by atoms with Crippen LogP contribution in [0.2, 0.25) is 0 Å². The maximum Gasteiger partial charge on any atom is 0.416 e. The van der Waals surface area contributed by atoms with Gasteiger partial charge in [0.15, 0.2) is 0 Å². The summed E-state index contributed by atoms with van der Waals surface area (Å²) in [6, 6.07) is 8.58. The van der Waals surface area contributed by atoms with Crippen LogP contribution in [0.25, 0.3) is 0 Å². The number of nitrogens with one attached hydrogen (secondary N) is 1. The smallest absolute Gasteiger partial charge is 0.212 e. The van der Waals surface area contributed by atoms with Gasteiger partial charge in [-0.1, -0.05) is 37.6 Å². The minimum atomic E-state index is -4.40. The van der Waals surface area contributed by atoms with Crippen molar-refractivity contribution in [1.29, 1.82) is 0 Å². The van der Waals surface area contributed by atoms with E-state index in [0.717, 1.165) is 42.9 Å². The highest BCUT2D eigenvalue weighted by Crippen LogP contribution is 2.44. The average molecular weight is 484 g/mol. The molecule has 2 unspecified atom stereocenters. The number of alkyl halides is 3. The molecule has 3 nitrogen and oxygen atoms in total. The molecule has 1 fully saturated rings. The molecule has 0 spiro atoms. The van der Waals surface area contributed by atoms with Gasteiger partial charge in [-0.2, -0.15) is 13.2 Å². The van der Waals surface area contributed by atoms with Crippen molar-refractivity contribution in [3.63, 3.8) is 0 Å². The fourth-order valence-electron chi connectivity index (χ4n) is 4.94. The highest BCUT2D eigenvalue weighted by Gasteiger charge is 2.35. The Balaban J connectivity index is 1.58. The Morgan fingerprint density at radius 3 is 2.55 bits per heavy atom. The summed E-state index contributed by atoms with van der Waals surface area (Å²) >= 11 is 0. The minimum Gasteiger partial charge on any atom is -0.212 e. The molecule has 0 bridgehead atoms. The van der Waals surface area contributed by atoms with Crippen LogP contribution in [0.3, 0.4) is 0 Å². The van der Waals surface area contributed by atoms with Crippen LogP contribution >= 0.6 is 0 Å². The molecule has 0 aliphatic heterocycles. The standard InChI is InChI=1S/C25H29F4NO2S/c1-2-4-18-11-19-13-24(26)20(14-30-33(31,32)15-16-7-8-16)12-23(19)22(18)10-17-5-3-6-21(9-17)25(27,28)29/h3,5-6,9,12-13,16,18,22,30H,2,4,7-8,10-11,14-15H2,1H3. The first-order valence-corrected chi connectivity index (χ1v) is 13.2. The molecule has 180 valence electrons. The predicted octanol–water partition coefficient (Wildman–Crippen LogP) is 5.97. The maximum absolute atomic E-state index is 14.8. The molecule has 0 saturated heterocycles. The summed E-state index contributed by atoms with van der Waals surface area (Å²) in [5, 5.41) is 0. The first-order valence-electron chi connectivity index (χ1n) is 11.5. The molecule has 1 N–H and O–H groups in total. The normalized spacial score (nSPS) is 20.8. The molecule has 2 atom stereocenters. The summed E-state index contributed by atoms with van der Waals surface area (Å²) in [5.41, 5.74) is 1.99. The van der Waals surface area contributed by atoms with Gasteiger partial charge in [-0.25, -0.2) is 17.5 Å². The SMILES string of the molecule is CCCC1Cc2cc(F)c(CNS(=O)(=O)CC3CC3)cc2C1Cc1cccc(C(F)(F)F)c1. The highest BCUT2D eigenvalue weighted by molar-refractivity contribution is 7.89. The van der Waals surface area contributed by atoms with Crippen molar-refractivity contribution in [1.82, 2.24) is 4.72 Å². The number of benzene rings is 2. The lowest BCUT2D eigenvalue weighted by Gasteiger charge is -2.21. The van der Waals surface area contributed by atoms with E-state index in [1.165, 1.54) is 18.2 Å². The van der Waals surface area contributed by atoms with Crippen molar-refractivity contribution < 1.29 is 26.0 Å². The number of rotatable bonds is 9. The molecule has 2 aromatic carbocycles. The minimum absolute atomic E-state index is 0.0362. The van der Waals surface area contributed by atoms with Gasteiger partial charge in [0.2, 0.25) is 10.0 Å². The molecule has 2 aliphatic carbocycles. The molecule has 0 aromatic heterocycles. The lowest BCUT2D eigenvalue weighted by atomic mass is 9.83. The zero-order chi connectivity index (χ0) is 23.8. The molecule has 8 heteroatoms. The van der Waals surface area contributed by atoms with Gasteiger partial charge in [0.05, 0.1) is 11.3 Å². The van der Waals surface area contributed by atoms with Gasteiger partial charge in [-0.05, 0) is 78.7 Å². The van der Waals surface area contributed by atoms with Crippen LogP contribution in [0.4, 0.5) is 17.6 Å². The number of hydrogen-bond donors (Lipinski definition) is 1. The van der Waals surface area contributed by atoms with Crippen LogP contribution in [0.5, 0.6) is 0 Å². The van der Waals surface area contributed by atoms with Crippen LogP contribution in [-0.2, 0) is 35.6 Å². The Bertz CT molecular complexity index is 1110. The molecule has 0 radical (unpaired) electrons. The monoisotopic (exact) mass is 483 g/mol. The Kier molecular flexibility index (Phi) is 6.87. The molecular weight excluding hydrogens is 454 g/mol. The van der Waals surface area contributed by atoms with Crippen LogP contribution < -0.4 is 4.72 Å². The summed E-state index contributed by atoms with van der Waals surface area (Å²) in [6.45, 7) is 1.94. The summed E-state index contributed by atoms with van der Waals surface area (Å²) in [7, 11) is -3.47. The van der Waals surface area contributed by atoms with Gasteiger partial charge in [-0.3, -0.25) is 0 Å². The van der Waals surface area contributed by atoms with E-state index >= 15 is 0 Å². The van der Waals surface area contributed by atoms with Gasteiger partial charge in [-0.15, -0.1) is 0 Å². The summed E-state index contributed by atoms with van der Waals surface area (Å²) in [4.78, 5) is 0. The van der Waals surface area contributed by atoms with Crippen LogP contribution in [-0.4, -0.2) is 14.2 Å².